The van der Waals surface area contributed by atoms with E-state index in [1.807, 2.05) is 6.08 Å². The molecular formula is C6H9NO2. The normalized spacial score (nSPS) is 23.4. The third kappa shape index (κ3) is 1.76. The first-order valence-electron chi connectivity index (χ1n) is 2.86. The molecule has 1 aliphatic rings. The first-order chi connectivity index (χ1) is 4.29. The molecule has 0 spiro atoms. The first kappa shape index (κ1) is 6.13. The average molecular weight is 127 g/mol. The maximum Gasteiger partial charge on any atom is 0.219 e. The summed E-state index contributed by atoms with van der Waals surface area (Å²) in [5, 5.41) is 2.62. The van der Waals surface area contributed by atoms with E-state index in [1.165, 1.54) is 6.92 Å². The molecule has 0 bridgehead atoms. The van der Waals surface area contributed by atoms with Crippen LogP contribution >= 0.6 is 0 Å². The summed E-state index contributed by atoms with van der Waals surface area (Å²) >= 11 is 0. The molecule has 1 heterocycles. The molecule has 1 aliphatic heterocycles. The van der Waals surface area contributed by atoms with Gasteiger partial charge in [-0.1, -0.05) is 0 Å². The molecule has 1 amide bonds. The van der Waals surface area contributed by atoms with E-state index in [-0.39, 0.29) is 12.1 Å². The molecule has 1 unspecified atom stereocenters. The van der Waals surface area contributed by atoms with Gasteiger partial charge in [0.25, 0.3) is 0 Å². The Morgan fingerprint density at radius 3 is 3.11 bits per heavy atom. The number of ether oxygens (including phenoxy) is 1. The highest BCUT2D eigenvalue weighted by atomic mass is 16.5. The summed E-state index contributed by atoms with van der Waals surface area (Å²) in [4.78, 5) is 10.4. The standard InChI is InChI=1S/C6H9NO2/c1-5(8)7-6-3-2-4-9-6/h2,4,6H,3H2,1H3,(H,7,8). The van der Waals surface area contributed by atoms with Crippen LogP contribution in [0.15, 0.2) is 12.3 Å². The minimum Gasteiger partial charge on any atom is -0.478 e. The molecule has 0 aromatic heterocycles. The zero-order valence-electron chi connectivity index (χ0n) is 5.26. The zero-order valence-corrected chi connectivity index (χ0v) is 5.26. The molecule has 0 aromatic carbocycles. The lowest BCUT2D eigenvalue weighted by atomic mass is 10.4. The van der Waals surface area contributed by atoms with E-state index in [4.69, 9.17) is 4.74 Å². The first-order valence-corrected chi connectivity index (χ1v) is 2.86. The maximum atomic E-state index is 10.4. The summed E-state index contributed by atoms with van der Waals surface area (Å²) in [5.41, 5.74) is 0. The predicted molar refractivity (Wildman–Crippen MR) is 32.4 cm³/mol. The highest BCUT2D eigenvalue weighted by molar-refractivity contribution is 5.73. The second-order valence-corrected chi connectivity index (χ2v) is 1.93. The van der Waals surface area contributed by atoms with Crippen molar-refractivity contribution >= 4 is 5.91 Å². The molecule has 1 rings (SSSR count). The second-order valence-electron chi connectivity index (χ2n) is 1.93. The number of hydrogen-bond acceptors (Lipinski definition) is 2. The molecule has 0 aliphatic carbocycles. The maximum absolute atomic E-state index is 10.4. The Balaban J connectivity index is 2.22. The van der Waals surface area contributed by atoms with Crippen LogP contribution in [0.1, 0.15) is 13.3 Å². The fourth-order valence-corrected chi connectivity index (χ4v) is 0.705. The Morgan fingerprint density at radius 1 is 1.89 bits per heavy atom. The summed E-state index contributed by atoms with van der Waals surface area (Å²) < 4.78 is 4.95. The van der Waals surface area contributed by atoms with Crippen LogP contribution in [-0.4, -0.2) is 12.1 Å². The van der Waals surface area contributed by atoms with E-state index < -0.39 is 0 Å². The number of carbonyl (C=O) groups is 1. The molecular weight excluding hydrogens is 118 g/mol. The van der Waals surface area contributed by atoms with Gasteiger partial charge in [-0.05, 0) is 6.08 Å². The van der Waals surface area contributed by atoms with E-state index in [2.05, 4.69) is 5.32 Å². The van der Waals surface area contributed by atoms with Gasteiger partial charge in [-0.15, -0.1) is 0 Å². The lowest BCUT2D eigenvalue weighted by Crippen LogP contribution is -2.31. The Kier molecular flexibility index (Phi) is 1.72. The minimum atomic E-state index is -0.123. The molecule has 9 heavy (non-hydrogen) atoms. The van der Waals surface area contributed by atoms with Crippen molar-refractivity contribution in [1.82, 2.24) is 5.32 Å². The topological polar surface area (TPSA) is 38.3 Å². The fourth-order valence-electron chi connectivity index (χ4n) is 0.705. The molecule has 0 fully saturated rings. The Bertz CT molecular complexity index is 134. The van der Waals surface area contributed by atoms with Crippen LogP contribution < -0.4 is 5.32 Å². The van der Waals surface area contributed by atoms with Gasteiger partial charge in [0.05, 0.1) is 6.26 Å². The molecule has 0 saturated carbocycles. The summed E-state index contributed by atoms with van der Waals surface area (Å²) in [6.07, 6.45) is 4.13. The summed E-state index contributed by atoms with van der Waals surface area (Å²) in [6, 6.07) is 0. The monoisotopic (exact) mass is 127 g/mol. The SMILES string of the molecule is CC(=O)NC1CC=CO1. The van der Waals surface area contributed by atoms with Crippen LogP contribution in [0, 0.1) is 0 Å². The van der Waals surface area contributed by atoms with Crippen molar-refractivity contribution < 1.29 is 9.53 Å². The molecule has 0 radical (unpaired) electrons. The minimum absolute atomic E-state index is 0.0521. The number of hydrogen-bond donors (Lipinski definition) is 1. The Hall–Kier alpha value is -0.990. The Labute approximate surface area is 53.7 Å². The van der Waals surface area contributed by atoms with Crippen molar-refractivity contribution in [3.8, 4) is 0 Å². The number of rotatable bonds is 1. The van der Waals surface area contributed by atoms with E-state index >= 15 is 0 Å². The van der Waals surface area contributed by atoms with E-state index in [0.717, 1.165) is 6.42 Å². The van der Waals surface area contributed by atoms with Crippen molar-refractivity contribution in [3.63, 3.8) is 0 Å². The van der Waals surface area contributed by atoms with Gasteiger partial charge in [-0.3, -0.25) is 4.79 Å². The van der Waals surface area contributed by atoms with Crippen LogP contribution in [0.25, 0.3) is 0 Å². The predicted octanol–water partition coefficient (Wildman–Crippen LogP) is 0.383. The van der Waals surface area contributed by atoms with Gasteiger partial charge in [0.15, 0.2) is 6.23 Å². The van der Waals surface area contributed by atoms with Crippen LogP contribution in [0.2, 0.25) is 0 Å². The van der Waals surface area contributed by atoms with Gasteiger partial charge in [-0.2, -0.15) is 0 Å². The number of nitrogens with one attached hydrogen (secondary N) is 1. The second kappa shape index (κ2) is 2.53. The van der Waals surface area contributed by atoms with Crippen molar-refractivity contribution in [2.45, 2.75) is 19.6 Å². The molecule has 1 atom stereocenters. The van der Waals surface area contributed by atoms with Crippen LogP contribution in [0.4, 0.5) is 0 Å². The van der Waals surface area contributed by atoms with Gasteiger partial charge >= 0.3 is 0 Å². The zero-order chi connectivity index (χ0) is 6.69. The van der Waals surface area contributed by atoms with Crippen LogP contribution in [0.3, 0.4) is 0 Å². The van der Waals surface area contributed by atoms with E-state index in [1.54, 1.807) is 6.26 Å². The van der Waals surface area contributed by atoms with Crippen LogP contribution in [0.5, 0.6) is 0 Å². The van der Waals surface area contributed by atoms with Crippen molar-refractivity contribution in [3.05, 3.63) is 12.3 Å². The smallest absolute Gasteiger partial charge is 0.219 e. The lowest BCUT2D eigenvalue weighted by molar-refractivity contribution is -0.121. The third-order valence-electron chi connectivity index (χ3n) is 1.05. The fraction of sp³-hybridized carbons (Fsp3) is 0.500. The largest absolute Gasteiger partial charge is 0.478 e. The number of amides is 1. The molecule has 3 nitrogen and oxygen atoms in total. The summed E-state index contributed by atoms with van der Waals surface area (Å²) in [5.74, 6) is -0.0521. The summed E-state index contributed by atoms with van der Waals surface area (Å²) in [7, 11) is 0. The van der Waals surface area contributed by atoms with Crippen molar-refractivity contribution in [2.24, 2.45) is 0 Å². The lowest BCUT2D eigenvalue weighted by Gasteiger charge is -2.09. The van der Waals surface area contributed by atoms with Crippen molar-refractivity contribution in [2.75, 3.05) is 0 Å². The van der Waals surface area contributed by atoms with E-state index in [9.17, 15) is 4.79 Å². The van der Waals surface area contributed by atoms with Gasteiger partial charge in [-0.25, -0.2) is 0 Å². The Morgan fingerprint density at radius 2 is 2.67 bits per heavy atom. The highest BCUT2D eigenvalue weighted by Crippen LogP contribution is 2.04. The van der Waals surface area contributed by atoms with E-state index in [0.29, 0.717) is 0 Å². The van der Waals surface area contributed by atoms with Crippen molar-refractivity contribution in [1.29, 1.82) is 0 Å². The van der Waals surface area contributed by atoms with Gasteiger partial charge in [0.1, 0.15) is 0 Å². The van der Waals surface area contributed by atoms with Gasteiger partial charge in [0.2, 0.25) is 5.91 Å². The average Bonchev–Trinajstić information content (AvgIpc) is 2.15. The molecule has 50 valence electrons. The molecule has 3 heteroatoms. The van der Waals surface area contributed by atoms with Gasteiger partial charge < -0.3 is 10.1 Å². The third-order valence-corrected chi connectivity index (χ3v) is 1.05. The number of carbonyl (C=O) groups excluding carboxylic acids is 1. The summed E-state index contributed by atoms with van der Waals surface area (Å²) in [6.45, 7) is 1.47. The van der Waals surface area contributed by atoms with Gasteiger partial charge in [0, 0.05) is 13.3 Å². The molecule has 0 saturated heterocycles. The van der Waals surface area contributed by atoms with Crippen LogP contribution in [-0.2, 0) is 9.53 Å². The highest BCUT2D eigenvalue weighted by Gasteiger charge is 2.10. The quantitative estimate of drug-likeness (QED) is 0.553. The molecule has 0 aromatic rings. The molecule has 1 N–H and O–H groups in total.